The molecule has 0 saturated carbocycles. The van der Waals surface area contributed by atoms with Crippen LogP contribution in [0, 0.1) is 5.82 Å². The summed E-state index contributed by atoms with van der Waals surface area (Å²) in [6.07, 6.45) is -0.754. The molecular formula is C14H13BrFNO5. The minimum absolute atomic E-state index is 0.0765. The molecular weight excluding hydrogens is 361 g/mol. The number of ether oxygens (including phenoxy) is 2. The molecule has 2 aromatic rings. The first-order valence-corrected chi connectivity index (χ1v) is 7.29. The first-order chi connectivity index (χ1) is 10.5. The molecule has 0 aliphatic carbocycles. The number of fused-ring (bicyclic) bond motifs is 1. The van der Waals surface area contributed by atoms with Crippen LogP contribution in [0.25, 0.3) is 11.0 Å². The molecule has 0 unspecified atom stereocenters. The predicted octanol–water partition coefficient (Wildman–Crippen LogP) is 4.08. The largest absolute Gasteiger partial charge is 0.460 e. The van der Waals surface area contributed by atoms with Gasteiger partial charge in [-0.1, -0.05) is 0 Å². The minimum atomic E-state index is -0.762. The molecule has 1 amide bonds. The molecule has 22 heavy (non-hydrogen) atoms. The molecule has 118 valence electrons. The van der Waals surface area contributed by atoms with Crippen LogP contribution >= 0.6 is 15.9 Å². The molecule has 0 fully saturated rings. The molecule has 0 spiro atoms. The Morgan fingerprint density at radius 1 is 1.27 bits per heavy atom. The summed E-state index contributed by atoms with van der Waals surface area (Å²) in [5.41, 5.74) is 0.183. The molecule has 1 N–H and O–H groups in total. The summed E-state index contributed by atoms with van der Waals surface area (Å²) in [5.74, 6) is -1.54. The van der Waals surface area contributed by atoms with Gasteiger partial charge in [0, 0.05) is 11.5 Å². The maximum atomic E-state index is 13.6. The number of hydrogen-bond donors (Lipinski definition) is 1. The zero-order valence-electron chi connectivity index (χ0n) is 11.9. The topological polar surface area (TPSA) is 77.8 Å². The van der Waals surface area contributed by atoms with Crippen molar-refractivity contribution in [3.8, 4) is 0 Å². The van der Waals surface area contributed by atoms with Gasteiger partial charge in [0.25, 0.3) is 0 Å². The molecule has 0 radical (unpaired) electrons. The predicted molar refractivity (Wildman–Crippen MR) is 80.5 cm³/mol. The van der Waals surface area contributed by atoms with Crippen LogP contribution in [0.3, 0.4) is 0 Å². The Kier molecular flexibility index (Phi) is 5.02. The maximum absolute atomic E-state index is 13.6. The summed E-state index contributed by atoms with van der Waals surface area (Å²) in [4.78, 5) is 23.6. The van der Waals surface area contributed by atoms with E-state index in [1.54, 1.807) is 13.8 Å². The molecule has 1 aromatic carbocycles. The summed E-state index contributed by atoms with van der Waals surface area (Å²) in [6, 6.07) is 2.51. The van der Waals surface area contributed by atoms with Crippen LogP contribution in [0.2, 0.25) is 0 Å². The third kappa shape index (κ3) is 3.22. The highest BCUT2D eigenvalue weighted by molar-refractivity contribution is 9.10. The van der Waals surface area contributed by atoms with E-state index >= 15 is 0 Å². The average molecular weight is 374 g/mol. The second kappa shape index (κ2) is 6.78. The van der Waals surface area contributed by atoms with Gasteiger partial charge in [0.05, 0.1) is 17.7 Å². The fourth-order valence-electron chi connectivity index (χ4n) is 1.83. The van der Waals surface area contributed by atoms with Gasteiger partial charge in [-0.25, -0.2) is 14.0 Å². The Morgan fingerprint density at radius 2 is 1.95 bits per heavy atom. The van der Waals surface area contributed by atoms with Gasteiger partial charge in [0.15, 0.2) is 0 Å². The number of carbonyl (C=O) groups is 2. The fraction of sp³-hybridized carbons (Fsp3) is 0.286. The molecule has 1 heterocycles. The van der Waals surface area contributed by atoms with E-state index in [4.69, 9.17) is 13.9 Å². The number of benzene rings is 1. The standard InChI is InChI=1S/C14H13BrFNO5/c1-3-20-13(18)12-11(17-14(19)21-4-2)7-5-8(15)9(16)6-10(7)22-12/h5-6H,3-4H2,1-2H3,(H,17,19). The van der Waals surface area contributed by atoms with Crippen molar-refractivity contribution in [3.63, 3.8) is 0 Å². The van der Waals surface area contributed by atoms with Crippen LogP contribution < -0.4 is 5.32 Å². The average Bonchev–Trinajstić information content (AvgIpc) is 2.78. The van der Waals surface area contributed by atoms with E-state index in [0.29, 0.717) is 5.39 Å². The molecule has 0 saturated heterocycles. The highest BCUT2D eigenvalue weighted by Gasteiger charge is 2.24. The Morgan fingerprint density at radius 3 is 2.59 bits per heavy atom. The van der Waals surface area contributed by atoms with E-state index in [1.165, 1.54) is 6.07 Å². The fourth-order valence-corrected chi connectivity index (χ4v) is 2.17. The van der Waals surface area contributed by atoms with E-state index in [2.05, 4.69) is 21.2 Å². The highest BCUT2D eigenvalue weighted by Crippen LogP contribution is 2.35. The van der Waals surface area contributed by atoms with Crippen molar-refractivity contribution in [2.75, 3.05) is 18.5 Å². The zero-order valence-corrected chi connectivity index (χ0v) is 13.5. The highest BCUT2D eigenvalue weighted by atomic mass is 79.9. The second-order valence-electron chi connectivity index (χ2n) is 4.13. The number of nitrogens with one attached hydrogen (secondary N) is 1. The van der Waals surface area contributed by atoms with Gasteiger partial charge in [-0.2, -0.15) is 0 Å². The minimum Gasteiger partial charge on any atom is -0.460 e. The van der Waals surface area contributed by atoms with E-state index in [-0.39, 0.29) is 34.7 Å². The van der Waals surface area contributed by atoms with Crippen LogP contribution in [-0.4, -0.2) is 25.3 Å². The number of carbonyl (C=O) groups excluding carboxylic acids is 2. The molecule has 0 aliphatic rings. The summed E-state index contributed by atoms with van der Waals surface area (Å²) in [5, 5.41) is 2.77. The van der Waals surface area contributed by atoms with Gasteiger partial charge in [0.2, 0.25) is 5.76 Å². The van der Waals surface area contributed by atoms with Crippen molar-refractivity contribution in [3.05, 3.63) is 28.2 Å². The summed E-state index contributed by atoms with van der Waals surface area (Å²) in [6.45, 7) is 3.57. The molecule has 0 bridgehead atoms. The van der Waals surface area contributed by atoms with Crippen molar-refractivity contribution in [1.29, 1.82) is 0 Å². The normalized spacial score (nSPS) is 10.5. The number of halogens is 2. The van der Waals surface area contributed by atoms with Gasteiger partial charge < -0.3 is 13.9 Å². The quantitative estimate of drug-likeness (QED) is 0.816. The third-order valence-electron chi connectivity index (χ3n) is 2.69. The molecule has 8 heteroatoms. The van der Waals surface area contributed by atoms with Crippen LogP contribution in [0.15, 0.2) is 21.0 Å². The van der Waals surface area contributed by atoms with E-state index in [0.717, 1.165) is 6.07 Å². The molecule has 0 atom stereocenters. The summed E-state index contributed by atoms with van der Waals surface area (Å²) < 4.78 is 28.7. The van der Waals surface area contributed by atoms with Crippen molar-refractivity contribution in [2.24, 2.45) is 0 Å². The van der Waals surface area contributed by atoms with E-state index in [9.17, 15) is 14.0 Å². The maximum Gasteiger partial charge on any atom is 0.411 e. The lowest BCUT2D eigenvalue weighted by Gasteiger charge is -2.05. The number of amides is 1. The second-order valence-corrected chi connectivity index (χ2v) is 4.99. The third-order valence-corrected chi connectivity index (χ3v) is 3.30. The van der Waals surface area contributed by atoms with Gasteiger partial charge >= 0.3 is 12.1 Å². The van der Waals surface area contributed by atoms with Crippen molar-refractivity contribution < 1.29 is 27.9 Å². The number of hydrogen-bond acceptors (Lipinski definition) is 5. The number of rotatable bonds is 4. The Balaban J connectivity index is 2.56. The van der Waals surface area contributed by atoms with Gasteiger partial charge in [-0.05, 0) is 35.8 Å². The van der Waals surface area contributed by atoms with E-state index in [1.807, 2.05) is 0 Å². The number of esters is 1. The van der Waals surface area contributed by atoms with Crippen LogP contribution in [-0.2, 0) is 9.47 Å². The van der Waals surface area contributed by atoms with Crippen LogP contribution in [0.4, 0.5) is 14.9 Å². The number of anilines is 1. The smallest absolute Gasteiger partial charge is 0.411 e. The molecule has 6 nitrogen and oxygen atoms in total. The lowest BCUT2D eigenvalue weighted by atomic mass is 10.2. The monoisotopic (exact) mass is 373 g/mol. The van der Waals surface area contributed by atoms with Crippen molar-refractivity contribution in [2.45, 2.75) is 13.8 Å². The number of furan rings is 1. The zero-order chi connectivity index (χ0) is 16.3. The lowest BCUT2D eigenvalue weighted by molar-refractivity contribution is 0.0494. The Bertz CT molecular complexity index is 728. The van der Waals surface area contributed by atoms with E-state index < -0.39 is 17.9 Å². The Labute approximate surface area is 133 Å². The first kappa shape index (κ1) is 16.3. The van der Waals surface area contributed by atoms with Crippen LogP contribution in [0.1, 0.15) is 24.4 Å². The molecule has 1 aromatic heterocycles. The molecule has 0 aliphatic heterocycles. The SMILES string of the molecule is CCOC(=O)Nc1c(C(=O)OCC)oc2cc(F)c(Br)cc12. The Hall–Kier alpha value is -2.09. The molecule has 2 rings (SSSR count). The summed E-state index contributed by atoms with van der Waals surface area (Å²) in [7, 11) is 0. The lowest BCUT2D eigenvalue weighted by Crippen LogP contribution is -2.15. The van der Waals surface area contributed by atoms with Gasteiger partial charge in [-0.15, -0.1) is 0 Å². The van der Waals surface area contributed by atoms with Crippen molar-refractivity contribution in [1.82, 2.24) is 0 Å². The summed E-state index contributed by atoms with van der Waals surface area (Å²) >= 11 is 3.05. The van der Waals surface area contributed by atoms with Crippen LogP contribution in [0.5, 0.6) is 0 Å². The van der Waals surface area contributed by atoms with Crippen molar-refractivity contribution >= 4 is 44.6 Å². The van der Waals surface area contributed by atoms with Gasteiger partial charge in [-0.3, -0.25) is 5.32 Å². The first-order valence-electron chi connectivity index (χ1n) is 6.50. The van der Waals surface area contributed by atoms with Gasteiger partial charge in [0.1, 0.15) is 17.1 Å².